The number of aromatic nitrogens is 1. The number of para-hydroxylation sites is 1. The Kier molecular flexibility index (Phi) is 6.30. The molecule has 0 N–H and O–H groups in total. The van der Waals surface area contributed by atoms with Crippen LogP contribution in [0.3, 0.4) is 0 Å². The Hall–Kier alpha value is -1.61. The van der Waals surface area contributed by atoms with Crippen LogP contribution < -0.4 is 0 Å². The molecule has 3 nitrogen and oxygen atoms in total. The second-order valence-electron chi connectivity index (χ2n) is 7.70. The zero-order valence-corrected chi connectivity index (χ0v) is 15.8. The van der Waals surface area contributed by atoms with Crippen LogP contribution in [-0.2, 0) is 0 Å². The lowest BCUT2D eigenvalue weighted by atomic mass is 10.0. The minimum absolute atomic E-state index is 0.300. The van der Waals surface area contributed by atoms with E-state index in [1.165, 1.54) is 50.8 Å². The van der Waals surface area contributed by atoms with Gasteiger partial charge in [-0.2, -0.15) is 0 Å². The van der Waals surface area contributed by atoms with Crippen molar-refractivity contribution in [2.24, 2.45) is 0 Å². The van der Waals surface area contributed by atoms with Gasteiger partial charge < -0.3 is 9.47 Å². The molecule has 25 heavy (non-hydrogen) atoms. The Balaban J connectivity index is 1.52. The first-order valence-electron chi connectivity index (χ1n) is 10.0. The Morgan fingerprint density at radius 2 is 1.80 bits per heavy atom. The number of rotatable bonds is 8. The van der Waals surface area contributed by atoms with Gasteiger partial charge in [0.1, 0.15) is 0 Å². The Bertz CT molecular complexity index is 695. The molecule has 1 aliphatic rings. The molecule has 0 amide bonds. The number of carbonyl (C=O) groups excluding carboxylic acids is 1. The van der Waals surface area contributed by atoms with Crippen molar-refractivity contribution in [1.82, 2.24) is 9.47 Å². The average Bonchev–Trinajstić information content (AvgIpc) is 3.02. The largest absolute Gasteiger partial charge is 0.344 e. The van der Waals surface area contributed by atoms with Crippen LogP contribution in [0.4, 0.5) is 0 Å². The molecule has 1 aromatic heterocycles. The lowest BCUT2D eigenvalue weighted by Gasteiger charge is -2.26. The van der Waals surface area contributed by atoms with E-state index in [9.17, 15) is 4.79 Å². The highest BCUT2D eigenvalue weighted by Crippen LogP contribution is 2.26. The summed E-state index contributed by atoms with van der Waals surface area (Å²) in [5.74, 6) is 0.300. The molecule has 0 saturated carbocycles. The van der Waals surface area contributed by atoms with Crippen molar-refractivity contribution >= 4 is 16.7 Å². The number of ketones is 1. The molecule has 1 saturated heterocycles. The van der Waals surface area contributed by atoms with Crippen molar-refractivity contribution < 1.29 is 4.79 Å². The molecule has 0 spiro atoms. The van der Waals surface area contributed by atoms with E-state index in [0.717, 1.165) is 23.8 Å². The number of unbranched alkanes of at least 4 members (excludes halogenated alkanes) is 2. The molecule has 1 aromatic carbocycles. The fourth-order valence-corrected chi connectivity index (χ4v) is 3.97. The van der Waals surface area contributed by atoms with Crippen molar-refractivity contribution in [2.75, 3.05) is 19.6 Å². The number of nitrogens with zero attached hydrogens (tertiary/aromatic N) is 2. The van der Waals surface area contributed by atoms with Crippen LogP contribution in [0, 0.1) is 0 Å². The standard InChI is InChI=1S/C22H32N2O/c1-18(2)24-17-20(19-11-6-7-12-21(19)24)22(25)13-5-3-8-14-23-15-9-4-10-16-23/h6-7,11-12,17-18H,3-5,8-10,13-16H2,1-2H3. The molecular formula is C22H32N2O. The van der Waals surface area contributed by atoms with Crippen LogP contribution in [0.15, 0.2) is 30.5 Å². The summed E-state index contributed by atoms with van der Waals surface area (Å²) in [6.07, 6.45) is 10.2. The molecular weight excluding hydrogens is 308 g/mol. The number of Topliss-reactive ketones (excluding diaryl/α,β-unsaturated/α-hetero) is 1. The molecule has 136 valence electrons. The quantitative estimate of drug-likeness (QED) is 0.471. The number of fused-ring (bicyclic) bond motifs is 1. The summed E-state index contributed by atoms with van der Waals surface area (Å²) in [4.78, 5) is 15.3. The SMILES string of the molecule is CC(C)n1cc(C(=O)CCCCCN2CCCCC2)c2ccccc21. The molecule has 3 heteroatoms. The maximum Gasteiger partial charge on any atom is 0.165 e. The topological polar surface area (TPSA) is 25.2 Å². The summed E-state index contributed by atoms with van der Waals surface area (Å²) in [7, 11) is 0. The van der Waals surface area contributed by atoms with E-state index in [2.05, 4.69) is 47.7 Å². The van der Waals surface area contributed by atoms with Crippen LogP contribution in [-0.4, -0.2) is 34.9 Å². The van der Waals surface area contributed by atoms with Gasteiger partial charge in [-0.05, 0) is 65.2 Å². The van der Waals surface area contributed by atoms with E-state index in [4.69, 9.17) is 0 Å². The van der Waals surface area contributed by atoms with Gasteiger partial charge in [0.2, 0.25) is 0 Å². The number of hydrogen-bond acceptors (Lipinski definition) is 2. The number of hydrogen-bond donors (Lipinski definition) is 0. The number of benzene rings is 1. The second kappa shape index (κ2) is 8.66. The molecule has 0 unspecified atom stereocenters. The summed E-state index contributed by atoms with van der Waals surface area (Å²) < 4.78 is 2.22. The highest BCUT2D eigenvalue weighted by molar-refractivity contribution is 6.08. The number of carbonyl (C=O) groups is 1. The molecule has 3 rings (SSSR count). The molecule has 2 aromatic rings. The van der Waals surface area contributed by atoms with Crippen molar-refractivity contribution in [2.45, 2.75) is 64.8 Å². The van der Waals surface area contributed by atoms with Crippen molar-refractivity contribution in [1.29, 1.82) is 0 Å². The zero-order valence-electron chi connectivity index (χ0n) is 15.8. The van der Waals surface area contributed by atoms with Crippen molar-refractivity contribution in [3.63, 3.8) is 0 Å². The zero-order chi connectivity index (χ0) is 17.6. The van der Waals surface area contributed by atoms with Crippen LogP contribution in [0.25, 0.3) is 10.9 Å². The van der Waals surface area contributed by atoms with Crippen molar-refractivity contribution in [3.8, 4) is 0 Å². The van der Waals surface area contributed by atoms with Crippen molar-refractivity contribution in [3.05, 3.63) is 36.0 Å². The summed E-state index contributed by atoms with van der Waals surface area (Å²) in [6.45, 7) is 8.09. The van der Waals surface area contributed by atoms with Gasteiger partial charge >= 0.3 is 0 Å². The minimum atomic E-state index is 0.300. The lowest BCUT2D eigenvalue weighted by Crippen LogP contribution is -2.30. The lowest BCUT2D eigenvalue weighted by molar-refractivity contribution is 0.0980. The molecule has 0 atom stereocenters. The predicted octanol–water partition coefficient (Wildman–Crippen LogP) is 5.45. The van der Waals surface area contributed by atoms with Gasteiger partial charge in [0.25, 0.3) is 0 Å². The fourth-order valence-electron chi connectivity index (χ4n) is 3.97. The molecule has 0 aliphatic carbocycles. The monoisotopic (exact) mass is 340 g/mol. The summed E-state index contributed by atoms with van der Waals surface area (Å²) in [5, 5.41) is 1.11. The first-order chi connectivity index (χ1) is 12.2. The maximum absolute atomic E-state index is 12.7. The summed E-state index contributed by atoms with van der Waals surface area (Å²) in [6, 6.07) is 8.65. The highest BCUT2D eigenvalue weighted by Gasteiger charge is 2.16. The third kappa shape index (κ3) is 4.52. The molecule has 0 radical (unpaired) electrons. The minimum Gasteiger partial charge on any atom is -0.344 e. The Labute approximate surface area is 152 Å². The van der Waals surface area contributed by atoms with E-state index in [1.54, 1.807) is 0 Å². The predicted molar refractivity (Wildman–Crippen MR) is 105 cm³/mol. The van der Waals surface area contributed by atoms with Gasteiger partial charge in [-0.3, -0.25) is 4.79 Å². The number of likely N-dealkylation sites (tertiary alicyclic amines) is 1. The third-order valence-electron chi connectivity index (χ3n) is 5.42. The molecule has 1 aliphatic heterocycles. The summed E-state index contributed by atoms with van der Waals surface area (Å²) in [5.41, 5.74) is 2.08. The van der Waals surface area contributed by atoms with Crippen LogP contribution in [0.5, 0.6) is 0 Å². The van der Waals surface area contributed by atoms with Gasteiger partial charge in [-0.15, -0.1) is 0 Å². The highest BCUT2D eigenvalue weighted by atomic mass is 16.1. The van der Waals surface area contributed by atoms with E-state index in [1.807, 2.05) is 6.07 Å². The van der Waals surface area contributed by atoms with Gasteiger partial charge in [-0.25, -0.2) is 0 Å². The normalized spacial score (nSPS) is 16.0. The van der Waals surface area contributed by atoms with Gasteiger partial charge in [0, 0.05) is 35.1 Å². The average molecular weight is 341 g/mol. The number of piperidine rings is 1. The Morgan fingerprint density at radius 1 is 1.04 bits per heavy atom. The van der Waals surface area contributed by atoms with Crippen LogP contribution in [0.1, 0.15) is 75.2 Å². The molecule has 1 fully saturated rings. The van der Waals surface area contributed by atoms with Gasteiger partial charge in [-0.1, -0.05) is 31.0 Å². The fraction of sp³-hybridized carbons (Fsp3) is 0.591. The molecule has 2 heterocycles. The van der Waals surface area contributed by atoms with E-state index in [0.29, 0.717) is 18.2 Å². The van der Waals surface area contributed by atoms with Gasteiger partial charge in [0.15, 0.2) is 5.78 Å². The van der Waals surface area contributed by atoms with Crippen LogP contribution >= 0.6 is 0 Å². The smallest absolute Gasteiger partial charge is 0.165 e. The first kappa shape index (κ1) is 18.2. The third-order valence-corrected chi connectivity index (χ3v) is 5.42. The van der Waals surface area contributed by atoms with E-state index < -0.39 is 0 Å². The maximum atomic E-state index is 12.7. The van der Waals surface area contributed by atoms with Crippen LogP contribution in [0.2, 0.25) is 0 Å². The van der Waals surface area contributed by atoms with E-state index in [-0.39, 0.29) is 0 Å². The molecule has 0 bridgehead atoms. The Morgan fingerprint density at radius 3 is 2.56 bits per heavy atom. The van der Waals surface area contributed by atoms with Gasteiger partial charge in [0.05, 0.1) is 0 Å². The summed E-state index contributed by atoms with van der Waals surface area (Å²) >= 11 is 0. The first-order valence-corrected chi connectivity index (χ1v) is 10.0. The van der Waals surface area contributed by atoms with E-state index >= 15 is 0 Å². The second-order valence-corrected chi connectivity index (χ2v) is 7.70.